The first-order chi connectivity index (χ1) is 14.3. The van der Waals surface area contributed by atoms with Crippen molar-refractivity contribution in [3.8, 4) is 17.1 Å². The molecule has 4 rings (SSSR count). The van der Waals surface area contributed by atoms with E-state index >= 15 is 0 Å². The highest BCUT2D eigenvalue weighted by atomic mass is 35.5. The summed E-state index contributed by atoms with van der Waals surface area (Å²) in [7, 11) is 0. The standard InChI is InChI=1S/C23H14Cl4O3/c1-12-8-20-16(10-18(12)26)21(28)23(22(30-20)14-3-5-15(24)6-4-14)29-11-13-2-7-17(25)19(27)9-13/h2-10H,11H2,1H3. The number of benzene rings is 3. The van der Waals surface area contributed by atoms with Gasteiger partial charge in [-0.05, 0) is 66.6 Å². The second kappa shape index (κ2) is 8.52. The first kappa shape index (κ1) is 21.1. The van der Waals surface area contributed by atoms with Crippen LogP contribution in [0.5, 0.6) is 5.75 Å². The Morgan fingerprint density at radius 1 is 0.867 bits per heavy atom. The third kappa shape index (κ3) is 4.17. The molecule has 3 nitrogen and oxygen atoms in total. The molecule has 1 heterocycles. The highest BCUT2D eigenvalue weighted by Gasteiger charge is 2.19. The van der Waals surface area contributed by atoms with Gasteiger partial charge in [0.15, 0.2) is 5.76 Å². The summed E-state index contributed by atoms with van der Waals surface area (Å²) < 4.78 is 12.0. The normalized spacial score (nSPS) is 11.1. The van der Waals surface area contributed by atoms with Gasteiger partial charge in [0.25, 0.3) is 0 Å². The Hall–Kier alpha value is -2.17. The summed E-state index contributed by atoms with van der Waals surface area (Å²) in [5.41, 5.74) is 2.33. The van der Waals surface area contributed by atoms with E-state index in [4.69, 9.17) is 55.6 Å². The number of fused-ring (bicyclic) bond motifs is 1. The number of rotatable bonds is 4. The molecule has 152 valence electrons. The Balaban J connectivity index is 1.86. The van der Waals surface area contributed by atoms with Gasteiger partial charge in [-0.3, -0.25) is 4.79 Å². The van der Waals surface area contributed by atoms with Crippen LogP contribution in [0.25, 0.3) is 22.3 Å². The number of ether oxygens (including phenoxy) is 1. The summed E-state index contributed by atoms with van der Waals surface area (Å²) in [4.78, 5) is 13.3. The molecule has 0 bridgehead atoms. The molecular weight excluding hydrogens is 466 g/mol. The minimum atomic E-state index is -0.317. The van der Waals surface area contributed by atoms with Crippen molar-refractivity contribution in [2.24, 2.45) is 0 Å². The fourth-order valence-corrected chi connectivity index (χ4v) is 3.62. The van der Waals surface area contributed by atoms with E-state index in [0.717, 1.165) is 11.1 Å². The smallest absolute Gasteiger partial charge is 0.235 e. The quantitative estimate of drug-likeness (QED) is 0.298. The lowest BCUT2D eigenvalue weighted by atomic mass is 10.1. The van der Waals surface area contributed by atoms with E-state index < -0.39 is 0 Å². The second-order valence-electron chi connectivity index (χ2n) is 6.73. The largest absolute Gasteiger partial charge is 0.481 e. The summed E-state index contributed by atoms with van der Waals surface area (Å²) in [5, 5.41) is 2.24. The van der Waals surface area contributed by atoms with Crippen LogP contribution in [0.3, 0.4) is 0 Å². The van der Waals surface area contributed by atoms with Gasteiger partial charge in [-0.25, -0.2) is 0 Å². The van der Waals surface area contributed by atoms with E-state index in [-0.39, 0.29) is 17.8 Å². The third-order valence-corrected chi connectivity index (χ3v) is 6.00. The Labute approximate surface area is 192 Å². The maximum absolute atomic E-state index is 13.3. The van der Waals surface area contributed by atoms with Crippen molar-refractivity contribution in [1.29, 1.82) is 0 Å². The van der Waals surface area contributed by atoms with E-state index in [1.54, 1.807) is 54.6 Å². The van der Waals surface area contributed by atoms with Gasteiger partial charge in [-0.1, -0.05) is 52.5 Å². The molecule has 7 heteroatoms. The topological polar surface area (TPSA) is 39.4 Å². The average molecular weight is 480 g/mol. The molecule has 30 heavy (non-hydrogen) atoms. The van der Waals surface area contributed by atoms with Crippen LogP contribution in [0.4, 0.5) is 0 Å². The highest BCUT2D eigenvalue weighted by molar-refractivity contribution is 6.42. The molecule has 0 N–H and O–H groups in total. The molecule has 0 saturated heterocycles. The summed E-state index contributed by atoms with van der Waals surface area (Å²) in [5.74, 6) is 0.391. The number of hydrogen-bond donors (Lipinski definition) is 0. The van der Waals surface area contributed by atoms with Gasteiger partial charge in [-0.2, -0.15) is 0 Å². The zero-order valence-corrected chi connectivity index (χ0v) is 18.7. The van der Waals surface area contributed by atoms with Crippen LogP contribution in [0, 0.1) is 6.92 Å². The summed E-state index contributed by atoms with van der Waals surface area (Å²) >= 11 is 24.3. The highest BCUT2D eigenvalue weighted by Crippen LogP contribution is 2.34. The predicted octanol–water partition coefficient (Wildman–Crippen LogP) is 7.96. The summed E-state index contributed by atoms with van der Waals surface area (Å²) in [6.45, 7) is 1.95. The van der Waals surface area contributed by atoms with Gasteiger partial charge >= 0.3 is 0 Å². The van der Waals surface area contributed by atoms with Gasteiger partial charge in [0, 0.05) is 15.6 Å². The van der Waals surface area contributed by atoms with Crippen molar-refractivity contribution in [1.82, 2.24) is 0 Å². The van der Waals surface area contributed by atoms with E-state index in [9.17, 15) is 4.79 Å². The Morgan fingerprint density at radius 3 is 2.30 bits per heavy atom. The van der Waals surface area contributed by atoms with Crippen molar-refractivity contribution in [3.63, 3.8) is 0 Å². The molecule has 3 aromatic carbocycles. The van der Waals surface area contributed by atoms with Gasteiger partial charge in [-0.15, -0.1) is 0 Å². The molecule has 1 aromatic heterocycles. The zero-order valence-electron chi connectivity index (χ0n) is 15.6. The SMILES string of the molecule is Cc1cc2oc(-c3ccc(Cl)cc3)c(OCc3ccc(Cl)c(Cl)c3)c(=O)c2cc1Cl. The van der Waals surface area contributed by atoms with Crippen LogP contribution < -0.4 is 10.2 Å². The first-order valence-corrected chi connectivity index (χ1v) is 10.4. The Bertz CT molecular complexity index is 1310. The predicted molar refractivity (Wildman–Crippen MR) is 123 cm³/mol. The van der Waals surface area contributed by atoms with Gasteiger partial charge < -0.3 is 9.15 Å². The lowest BCUT2D eigenvalue weighted by Crippen LogP contribution is -2.10. The maximum Gasteiger partial charge on any atom is 0.235 e. The second-order valence-corrected chi connectivity index (χ2v) is 8.39. The minimum absolute atomic E-state index is 0.0795. The molecule has 0 aliphatic rings. The monoisotopic (exact) mass is 478 g/mol. The van der Waals surface area contributed by atoms with E-state index in [2.05, 4.69) is 0 Å². The van der Waals surface area contributed by atoms with Crippen molar-refractivity contribution in [2.75, 3.05) is 0 Å². The average Bonchev–Trinajstić information content (AvgIpc) is 2.72. The van der Waals surface area contributed by atoms with Crippen molar-refractivity contribution >= 4 is 57.4 Å². The summed E-state index contributed by atoms with van der Waals surface area (Å²) in [6, 6.07) is 15.4. The van der Waals surface area contributed by atoms with Crippen LogP contribution >= 0.6 is 46.4 Å². The molecule has 0 amide bonds. The third-order valence-electron chi connectivity index (χ3n) is 4.60. The van der Waals surface area contributed by atoms with E-state index in [1.807, 2.05) is 6.92 Å². The molecule has 0 spiro atoms. The molecule has 4 aromatic rings. The number of halogens is 4. The molecule has 0 saturated carbocycles. The van der Waals surface area contributed by atoms with Crippen LogP contribution in [0.1, 0.15) is 11.1 Å². The fraction of sp³-hybridized carbons (Fsp3) is 0.0870. The van der Waals surface area contributed by atoms with Gasteiger partial charge in [0.05, 0.1) is 15.4 Å². The van der Waals surface area contributed by atoms with Gasteiger partial charge in [0.1, 0.15) is 12.2 Å². The molecule has 0 atom stereocenters. The first-order valence-electron chi connectivity index (χ1n) is 8.93. The van der Waals surface area contributed by atoms with Crippen molar-refractivity contribution in [2.45, 2.75) is 13.5 Å². The lowest BCUT2D eigenvalue weighted by Gasteiger charge is -2.13. The molecule has 0 aliphatic carbocycles. The fourth-order valence-electron chi connectivity index (χ4n) is 3.01. The van der Waals surface area contributed by atoms with Crippen LogP contribution in [-0.4, -0.2) is 0 Å². The van der Waals surface area contributed by atoms with Crippen LogP contribution in [0.2, 0.25) is 20.1 Å². The van der Waals surface area contributed by atoms with Crippen molar-refractivity contribution in [3.05, 3.63) is 96.0 Å². The maximum atomic E-state index is 13.3. The molecule has 0 aliphatic heterocycles. The Morgan fingerprint density at radius 2 is 1.60 bits per heavy atom. The molecule has 0 fully saturated rings. The lowest BCUT2D eigenvalue weighted by molar-refractivity contribution is 0.298. The zero-order chi connectivity index (χ0) is 21.4. The Kier molecular flexibility index (Phi) is 5.99. The van der Waals surface area contributed by atoms with Crippen LogP contribution in [0.15, 0.2) is 63.8 Å². The van der Waals surface area contributed by atoms with Crippen molar-refractivity contribution < 1.29 is 9.15 Å². The number of aryl methyl sites for hydroxylation is 1. The van der Waals surface area contributed by atoms with Gasteiger partial charge in [0.2, 0.25) is 11.2 Å². The van der Waals surface area contributed by atoms with E-state index in [1.165, 1.54) is 0 Å². The molecule has 0 radical (unpaired) electrons. The molecular formula is C23H14Cl4O3. The number of hydrogen-bond acceptors (Lipinski definition) is 3. The van der Waals surface area contributed by atoms with E-state index in [0.29, 0.717) is 42.4 Å². The van der Waals surface area contributed by atoms with Crippen LogP contribution in [-0.2, 0) is 6.61 Å². The summed E-state index contributed by atoms with van der Waals surface area (Å²) in [6.07, 6.45) is 0. The minimum Gasteiger partial charge on any atom is -0.481 e. The molecule has 0 unspecified atom stereocenters.